The smallest absolute Gasteiger partial charge is 0.431 e. The molecule has 1 radical (unpaired) electrons. The maximum atomic E-state index is 11.2. The van der Waals surface area contributed by atoms with Crippen molar-refractivity contribution in [1.29, 1.82) is 0 Å². The number of rotatable bonds is 3. The van der Waals surface area contributed by atoms with E-state index in [4.69, 9.17) is 9.47 Å². The first-order valence-electron chi connectivity index (χ1n) is 5.39. The Balaban J connectivity index is 2.18. The molecule has 0 saturated heterocycles. The van der Waals surface area contributed by atoms with E-state index in [0.717, 1.165) is 25.7 Å². The van der Waals surface area contributed by atoms with Crippen LogP contribution in [0.25, 0.3) is 0 Å². The first kappa shape index (κ1) is 11.3. The third-order valence-electron chi connectivity index (χ3n) is 2.57. The summed E-state index contributed by atoms with van der Waals surface area (Å²) in [7, 11) is 0. The van der Waals surface area contributed by atoms with Gasteiger partial charge in [-0.05, 0) is 39.0 Å². The SMILES string of the molecule is C[CH][C@H](C)OC(=O)OC1CCCCC1. The van der Waals surface area contributed by atoms with Gasteiger partial charge >= 0.3 is 6.16 Å². The minimum absolute atomic E-state index is 0.0836. The highest BCUT2D eigenvalue weighted by atomic mass is 16.7. The third kappa shape index (κ3) is 3.99. The van der Waals surface area contributed by atoms with Crippen molar-refractivity contribution in [2.45, 2.75) is 58.2 Å². The Bertz CT molecular complexity index is 173. The summed E-state index contributed by atoms with van der Waals surface area (Å²) in [6.45, 7) is 3.68. The quantitative estimate of drug-likeness (QED) is 0.655. The zero-order chi connectivity index (χ0) is 10.4. The first-order valence-corrected chi connectivity index (χ1v) is 5.39. The maximum Gasteiger partial charge on any atom is 0.508 e. The maximum absolute atomic E-state index is 11.2. The van der Waals surface area contributed by atoms with E-state index < -0.39 is 6.16 Å². The van der Waals surface area contributed by atoms with Crippen molar-refractivity contribution in [3.63, 3.8) is 0 Å². The summed E-state index contributed by atoms with van der Waals surface area (Å²) in [5.74, 6) is 0. The van der Waals surface area contributed by atoms with Crippen LogP contribution in [0, 0.1) is 6.42 Å². The summed E-state index contributed by atoms with van der Waals surface area (Å²) >= 11 is 0. The van der Waals surface area contributed by atoms with Crippen LogP contribution in [0.15, 0.2) is 0 Å². The highest BCUT2D eigenvalue weighted by molar-refractivity contribution is 5.60. The van der Waals surface area contributed by atoms with E-state index in [1.165, 1.54) is 6.42 Å². The van der Waals surface area contributed by atoms with Crippen LogP contribution in [0.5, 0.6) is 0 Å². The van der Waals surface area contributed by atoms with E-state index in [0.29, 0.717) is 0 Å². The molecule has 0 unspecified atom stereocenters. The molecule has 3 heteroatoms. The monoisotopic (exact) mass is 199 g/mol. The second-order valence-corrected chi connectivity index (χ2v) is 3.78. The number of ether oxygens (including phenoxy) is 2. The summed E-state index contributed by atoms with van der Waals surface area (Å²) in [6.07, 6.45) is 6.77. The molecule has 1 saturated carbocycles. The molecule has 0 spiro atoms. The zero-order valence-electron chi connectivity index (χ0n) is 8.99. The van der Waals surface area contributed by atoms with Crippen LogP contribution in [-0.4, -0.2) is 18.4 Å². The van der Waals surface area contributed by atoms with Gasteiger partial charge in [0.25, 0.3) is 0 Å². The summed E-state index contributed by atoms with van der Waals surface area (Å²) in [5, 5.41) is 0. The molecule has 81 valence electrons. The first-order chi connectivity index (χ1) is 6.72. The molecule has 0 aromatic carbocycles. The van der Waals surface area contributed by atoms with Crippen LogP contribution in [0.3, 0.4) is 0 Å². The summed E-state index contributed by atoms with van der Waals surface area (Å²) < 4.78 is 10.2. The van der Waals surface area contributed by atoms with Crippen LogP contribution in [-0.2, 0) is 9.47 Å². The van der Waals surface area contributed by atoms with E-state index in [1.54, 1.807) is 0 Å². The molecule has 0 heterocycles. The van der Waals surface area contributed by atoms with Gasteiger partial charge in [-0.1, -0.05) is 13.3 Å². The molecule has 0 amide bonds. The van der Waals surface area contributed by atoms with Crippen LogP contribution >= 0.6 is 0 Å². The van der Waals surface area contributed by atoms with Crippen molar-refractivity contribution in [3.05, 3.63) is 6.42 Å². The topological polar surface area (TPSA) is 35.5 Å². The number of hydrogen-bond acceptors (Lipinski definition) is 3. The lowest BCUT2D eigenvalue weighted by atomic mass is 9.98. The van der Waals surface area contributed by atoms with Gasteiger partial charge in [-0.3, -0.25) is 0 Å². The summed E-state index contributed by atoms with van der Waals surface area (Å²) in [4.78, 5) is 11.2. The second kappa shape index (κ2) is 5.89. The molecule has 14 heavy (non-hydrogen) atoms. The minimum atomic E-state index is -0.525. The molecule has 3 nitrogen and oxygen atoms in total. The molecule has 1 atom stereocenters. The number of hydrogen-bond donors (Lipinski definition) is 0. The highest BCUT2D eigenvalue weighted by Crippen LogP contribution is 2.20. The highest BCUT2D eigenvalue weighted by Gasteiger charge is 2.19. The largest absolute Gasteiger partial charge is 0.508 e. The van der Waals surface area contributed by atoms with E-state index in [9.17, 15) is 4.79 Å². The Morgan fingerprint density at radius 2 is 2.00 bits per heavy atom. The van der Waals surface area contributed by atoms with Crippen LogP contribution in [0.1, 0.15) is 46.0 Å². The predicted octanol–water partition coefficient (Wildman–Crippen LogP) is 3.08. The van der Waals surface area contributed by atoms with Crippen molar-refractivity contribution in [2.75, 3.05) is 0 Å². The van der Waals surface area contributed by atoms with Crippen LogP contribution in [0.2, 0.25) is 0 Å². The number of carbonyl (C=O) groups is 1. The molecule has 1 rings (SSSR count). The lowest BCUT2D eigenvalue weighted by Crippen LogP contribution is -2.24. The van der Waals surface area contributed by atoms with Gasteiger partial charge in [-0.25, -0.2) is 4.79 Å². The van der Waals surface area contributed by atoms with Gasteiger partial charge in [0.2, 0.25) is 0 Å². The van der Waals surface area contributed by atoms with E-state index in [-0.39, 0.29) is 12.2 Å². The van der Waals surface area contributed by atoms with Crippen molar-refractivity contribution in [1.82, 2.24) is 0 Å². The van der Waals surface area contributed by atoms with E-state index in [1.807, 2.05) is 20.3 Å². The van der Waals surface area contributed by atoms with Crippen molar-refractivity contribution < 1.29 is 14.3 Å². The zero-order valence-corrected chi connectivity index (χ0v) is 8.99. The standard InChI is InChI=1S/C11H19O3/c1-3-9(2)13-11(12)14-10-7-5-4-6-8-10/h3,9-10H,4-8H2,1-2H3/t9-/m0/s1. The van der Waals surface area contributed by atoms with Gasteiger partial charge in [0.15, 0.2) is 0 Å². The Morgan fingerprint density at radius 1 is 1.36 bits per heavy atom. The molecule has 1 aliphatic carbocycles. The second-order valence-electron chi connectivity index (χ2n) is 3.78. The molecule has 0 N–H and O–H groups in total. The summed E-state index contributed by atoms with van der Waals surface area (Å²) in [6, 6.07) is 0. The fourth-order valence-electron chi connectivity index (χ4n) is 1.57. The molecule has 0 aromatic heterocycles. The van der Waals surface area contributed by atoms with Gasteiger partial charge in [0, 0.05) is 0 Å². The fourth-order valence-corrected chi connectivity index (χ4v) is 1.57. The van der Waals surface area contributed by atoms with Gasteiger partial charge in [-0.2, -0.15) is 0 Å². The van der Waals surface area contributed by atoms with Crippen molar-refractivity contribution in [2.24, 2.45) is 0 Å². The number of carbonyl (C=O) groups excluding carboxylic acids is 1. The van der Waals surface area contributed by atoms with Gasteiger partial charge in [0.05, 0.1) is 0 Å². The van der Waals surface area contributed by atoms with Crippen molar-refractivity contribution in [3.8, 4) is 0 Å². The molecule has 1 fully saturated rings. The average Bonchev–Trinajstić information content (AvgIpc) is 2.19. The Kier molecular flexibility index (Phi) is 4.77. The molecular weight excluding hydrogens is 180 g/mol. The van der Waals surface area contributed by atoms with Crippen LogP contribution < -0.4 is 0 Å². The predicted molar refractivity (Wildman–Crippen MR) is 53.9 cm³/mol. The molecule has 1 aliphatic rings. The molecule has 0 bridgehead atoms. The Morgan fingerprint density at radius 3 is 2.57 bits per heavy atom. The van der Waals surface area contributed by atoms with Gasteiger partial charge in [0.1, 0.15) is 12.2 Å². The van der Waals surface area contributed by atoms with Crippen molar-refractivity contribution >= 4 is 6.16 Å². The lowest BCUT2D eigenvalue weighted by Gasteiger charge is -2.22. The van der Waals surface area contributed by atoms with Crippen LogP contribution in [0.4, 0.5) is 4.79 Å². The molecule has 0 aliphatic heterocycles. The lowest BCUT2D eigenvalue weighted by molar-refractivity contribution is -0.000658. The average molecular weight is 199 g/mol. The van der Waals surface area contributed by atoms with Gasteiger partial charge < -0.3 is 9.47 Å². The van der Waals surface area contributed by atoms with Gasteiger partial charge in [-0.15, -0.1) is 0 Å². The Labute approximate surface area is 85.8 Å². The molecular formula is C11H19O3. The summed E-state index contributed by atoms with van der Waals surface area (Å²) in [5.41, 5.74) is 0. The van der Waals surface area contributed by atoms with E-state index >= 15 is 0 Å². The van der Waals surface area contributed by atoms with E-state index in [2.05, 4.69) is 0 Å². The fraction of sp³-hybridized carbons (Fsp3) is 0.818. The third-order valence-corrected chi connectivity index (χ3v) is 2.57. The Hall–Kier alpha value is -0.730. The minimum Gasteiger partial charge on any atom is -0.431 e. The normalized spacial score (nSPS) is 20.1. The molecule has 0 aromatic rings.